The molecule has 2 fully saturated rings. The van der Waals surface area contributed by atoms with Crippen LogP contribution < -0.4 is 15.8 Å². The van der Waals surface area contributed by atoms with Gasteiger partial charge in [-0.2, -0.15) is 5.10 Å². The molecule has 3 aliphatic rings. The summed E-state index contributed by atoms with van der Waals surface area (Å²) in [6.45, 7) is 3.35. The number of nitrogens with two attached hydrogens (primary N) is 1. The van der Waals surface area contributed by atoms with Gasteiger partial charge in [-0.1, -0.05) is 24.3 Å². The van der Waals surface area contributed by atoms with Crippen molar-refractivity contribution < 1.29 is 38.1 Å². The van der Waals surface area contributed by atoms with Gasteiger partial charge >= 0.3 is 0 Å². The maximum absolute atomic E-state index is 13.1. The van der Waals surface area contributed by atoms with Gasteiger partial charge in [0.2, 0.25) is 17.7 Å². The van der Waals surface area contributed by atoms with Crippen molar-refractivity contribution in [2.24, 2.45) is 0 Å². The Balaban J connectivity index is 0.716. The number of nitrogens with one attached hydrogen (secondary N) is 1. The predicted octanol–water partition coefficient (Wildman–Crippen LogP) is 4.63. The van der Waals surface area contributed by atoms with Crippen LogP contribution in [-0.4, -0.2) is 118 Å². The molecule has 1 atom stereocenters. The van der Waals surface area contributed by atoms with Gasteiger partial charge in [-0.05, 0) is 73.4 Å². The van der Waals surface area contributed by atoms with E-state index in [-0.39, 0.29) is 43.4 Å². The highest BCUT2D eigenvalue weighted by Gasteiger charge is 2.40. The Hall–Kier alpha value is -5.88. The standard InChI is InChI=1S/C43H46N8O8S/c44-40-38-39(28-9-11-31(12-10-28)59-30-5-2-1-3-6-30)48-51(41(38)46-27-45-40)29-15-17-49(18-16-29)37(53)26-58-22-21-56-19-20-57-23-24-60-35-8-4-7-32-33(35)25-50(43(32)55)34-13-14-36(52)47-42(34)54/h1-12,27,29,34H,13-26H2,(H2,44,45,46)(H,47,52,54). The largest absolute Gasteiger partial charge is 0.457 e. The third kappa shape index (κ3) is 9.28. The normalized spacial score (nSPS) is 17.0. The van der Waals surface area contributed by atoms with Crippen LogP contribution in [0.1, 0.15) is 47.6 Å². The summed E-state index contributed by atoms with van der Waals surface area (Å²) < 4.78 is 24.9. The second-order valence-corrected chi connectivity index (χ2v) is 15.7. The fourth-order valence-corrected chi connectivity index (χ4v) is 8.66. The van der Waals surface area contributed by atoms with Crippen LogP contribution in [0.25, 0.3) is 22.3 Å². The Kier molecular flexibility index (Phi) is 13.0. The number of anilines is 1. The average Bonchev–Trinajstić information content (AvgIpc) is 3.82. The van der Waals surface area contributed by atoms with Crippen LogP contribution in [0.15, 0.2) is 84.0 Å². The lowest BCUT2D eigenvalue weighted by atomic mass is 10.0. The highest BCUT2D eigenvalue weighted by Crippen LogP contribution is 2.36. The first-order valence-corrected chi connectivity index (χ1v) is 21.0. The van der Waals surface area contributed by atoms with E-state index in [1.807, 2.05) is 76.3 Å². The van der Waals surface area contributed by atoms with Crippen molar-refractivity contribution >= 4 is 52.2 Å². The minimum atomic E-state index is -0.640. The number of imide groups is 1. The molecule has 2 saturated heterocycles. The number of hydrogen-bond donors (Lipinski definition) is 2. The number of thioether (sulfide) groups is 1. The van der Waals surface area contributed by atoms with E-state index in [1.54, 1.807) is 22.7 Å². The van der Waals surface area contributed by atoms with Crippen LogP contribution in [0.3, 0.4) is 0 Å². The second-order valence-electron chi connectivity index (χ2n) is 14.6. The van der Waals surface area contributed by atoms with Gasteiger partial charge in [-0.15, -0.1) is 11.8 Å². The first-order chi connectivity index (χ1) is 29.3. The number of nitrogens with zero attached hydrogens (tertiary/aromatic N) is 6. The zero-order valence-corrected chi connectivity index (χ0v) is 33.8. The number of rotatable bonds is 17. The average molecular weight is 835 g/mol. The van der Waals surface area contributed by atoms with Crippen molar-refractivity contribution in [3.63, 3.8) is 0 Å². The lowest BCUT2D eigenvalue weighted by molar-refractivity contribution is -0.138. The summed E-state index contributed by atoms with van der Waals surface area (Å²) >= 11 is 1.59. The van der Waals surface area contributed by atoms with Crippen molar-refractivity contribution in [1.82, 2.24) is 34.9 Å². The Morgan fingerprint density at radius 1 is 0.833 bits per heavy atom. The number of ether oxygens (including phenoxy) is 4. The lowest BCUT2D eigenvalue weighted by Gasteiger charge is -2.32. The highest BCUT2D eigenvalue weighted by molar-refractivity contribution is 7.99. The summed E-state index contributed by atoms with van der Waals surface area (Å²) in [6, 6.07) is 22.3. The van der Waals surface area contributed by atoms with Crippen molar-refractivity contribution in [2.75, 3.05) is 64.2 Å². The summed E-state index contributed by atoms with van der Waals surface area (Å²) in [5, 5.41) is 8.03. The van der Waals surface area contributed by atoms with Crippen molar-refractivity contribution in [3.8, 4) is 22.8 Å². The van der Waals surface area contributed by atoms with Gasteiger partial charge in [0.15, 0.2) is 5.65 Å². The summed E-state index contributed by atoms with van der Waals surface area (Å²) in [7, 11) is 0. The SMILES string of the molecule is Nc1ncnc2c1c(-c1ccc(Oc3ccccc3)cc1)nn2C1CCN(C(=O)COCCOCCOCCSc2cccc3c2CN(C2CCC(=O)NC2=O)C3=O)CC1. The third-order valence-electron chi connectivity index (χ3n) is 10.8. The minimum Gasteiger partial charge on any atom is -0.457 e. The quantitative estimate of drug-likeness (QED) is 0.0749. The Labute approximate surface area is 350 Å². The molecule has 8 rings (SSSR count). The van der Waals surface area contributed by atoms with Crippen LogP contribution in [0.5, 0.6) is 11.5 Å². The van der Waals surface area contributed by atoms with E-state index < -0.39 is 11.9 Å². The molecule has 4 amide bonds. The van der Waals surface area contributed by atoms with Gasteiger partial charge in [0, 0.05) is 47.8 Å². The number of carbonyl (C=O) groups excluding carboxylic acids is 4. The molecule has 3 N–H and O–H groups in total. The number of fused-ring (bicyclic) bond motifs is 2. The molecule has 1 unspecified atom stereocenters. The maximum Gasteiger partial charge on any atom is 0.255 e. The molecule has 3 aromatic carbocycles. The minimum absolute atomic E-state index is 0.0234. The van der Waals surface area contributed by atoms with Crippen molar-refractivity contribution in [1.29, 1.82) is 0 Å². The van der Waals surface area contributed by atoms with Crippen LogP contribution in [0.4, 0.5) is 5.82 Å². The molecule has 0 radical (unpaired) electrons. The number of aromatic nitrogens is 4. The van der Waals surface area contributed by atoms with Crippen LogP contribution in [0.2, 0.25) is 0 Å². The molecule has 0 aliphatic carbocycles. The Morgan fingerprint density at radius 2 is 1.57 bits per heavy atom. The van der Waals surface area contributed by atoms with E-state index in [4.69, 9.17) is 29.8 Å². The number of hydrogen-bond acceptors (Lipinski definition) is 13. The van der Waals surface area contributed by atoms with Crippen LogP contribution in [0, 0.1) is 0 Å². The second kappa shape index (κ2) is 19.0. The molecule has 3 aliphatic heterocycles. The molecule has 312 valence electrons. The number of amides is 4. The summed E-state index contributed by atoms with van der Waals surface area (Å²) in [5.74, 6) is 1.52. The first kappa shape index (κ1) is 40.9. The lowest BCUT2D eigenvalue weighted by Crippen LogP contribution is -2.52. The number of benzene rings is 3. The van der Waals surface area contributed by atoms with E-state index in [9.17, 15) is 19.2 Å². The molecule has 0 saturated carbocycles. The summed E-state index contributed by atoms with van der Waals surface area (Å²) in [6.07, 6.45) is 3.41. The maximum atomic E-state index is 13.1. The monoisotopic (exact) mass is 834 g/mol. The molecule has 5 aromatic rings. The topological polar surface area (TPSA) is 193 Å². The fourth-order valence-electron chi connectivity index (χ4n) is 7.71. The zero-order chi connectivity index (χ0) is 41.4. The third-order valence-corrected chi connectivity index (χ3v) is 11.8. The molecule has 0 bridgehead atoms. The van der Waals surface area contributed by atoms with Crippen molar-refractivity contribution in [2.45, 2.75) is 49.2 Å². The number of carbonyl (C=O) groups is 4. The summed E-state index contributed by atoms with van der Waals surface area (Å²) in [4.78, 5) is 63.2. The van der Waals surface area contributed by atoms with E-state index in [1.165, 1.54) is 6.33 Å². The van der Waals surface area contributed by atoms with Gasteiger partial charge in [0.1, 0.15) is 42.0 Å². The van der Waals surface area contributed by atoms with Crippen LogP contribution in [-0.2, 0) is 35.1 Å². The molecular formula is C43H46N8O8S. The van der Waals surface area contributed by atoms with Gasteiger partial charge in [0.25, 0.3) is 5.91 Å². The van der Waals surface area contributed by atoms with E-state index >= 15 is 0 Å². The van der Waals surface area contributed by atoms with Crippen LogP contribution >= 0.6 is 11.8 Å². The zero-order valence-electron chi connectivity index (χ0n) is 33.0. The number of para-hydroxylation sites is 1. The fraction of sp³-hybridized carbons (Fsp3) is 0.372. The molecular weight excluding hydrogens is 789 g/mol. The Morgan fingerprint density at radius 3 is 2.33 bits per heavy atom. The number of nitrogen functional groups attached to an aromatic ring is 1. The van der Waals surface area contributed by atoms with Gasteiger partial charge in [-0.3, -0.25) is 24.5 Å². The highest BCUT2D eigenvalue weighted by atomic mass is 32.2. The number of piperidine rings is 2. The molecule has 0 spiro atoms. The molecule has 2 aromatic heterocycles. The van der Waals surface area contributed by atoms with E-state index in [2.05, 4.69) is 15.3 Å². The summed E-state index contributed by atoms with van der Waals surface area (Å²) in [5.41, 5.74) is 10.1. The smallest absolute Gasteiger partial charge is 0.255 e. The number of likely N-dealkylation sites (tertiary alicyclic amines) is 1. The van der Waals surface area contributed by atoms with Gasteiger partial charge in [0.05, 0.1) is 44.5 Å². The van der Waals surface area contributed by atoms with Gasteiger partial charge < -0.3 is 34.5 Å². The molecule has 16 nitrogen and oxygen atoms in total. The molecule has 60 heavy (non-hydrogen) atoms. The van der Waals surface area contributed by atoms with E-state index in [0.29, 0.717) is 105 Å². The predicted molar refractivity (Wildman–Crippen MR) is 222 cm³/mol. The Bertz CT molecular complexity index is 2340. The molecule has 5 heterocycles. The molecule has 17 heteroatoms. The van der Waals surface area contributed by atoms with Gasteiger partial charge in [-0.25, -0.2) is 14.6 Å². The first-order valence-electron chi connectivity index (χ1n) is 20.1. The van der Waals surface area contributed by atoms with Crippen molar-refractivity contribution in [3.05, 3.63) is 90.3 Å². The van der Waals surface area contributed by atoms with E-state index in [0.717, 1.165) is 21.8 Å².